The average Bonchev–Trinajstić information content (AvgIpc) is 2.70. The molecule has 1 aromatic carbocycles. The highest BCUT2D eigenvalue weighted by Gasteiger charge is 2.12. The molecule has 0 saturated carbocycles. The number of nitrogens with one attached hydrogen (secondary N) is 1. The molecule has 17 heavy (non-hydrogen) atoms. The van der Waals surface area contributed by atoms with Gasteiger partial charge in [0.2, 0.25) is 0 Å². The summed E-state index contributed by atoms with van der Waals surface area (Å²) in [5, 5.41) is 5.22. The zero-order chi connectivity index (χ0) is 12.4. The molecule has 1 atom stereocenters. The Labute approximate surface area is 113 Å². The standard InChI is InChI=1S/C13H13BrFNS/c1-8-3-4-11(15)12(7-8)16-9(2)13-10(14)5-6-17-13/h3-7,9,16H,1-2H3. The fourth-order valence-electron chi connectivity index (χ4n) is 1.66. The minimum absolute atomic E-state index is 0.0840. The SMILES string of the molecule is Cc1ccc(F)c(NC(C)c2sccc2Br)c1. The minimum Gasteiger partial charge on any atom is -0.375 e. The van der Waals surface area contributed by atoms with Gasteiger partial charge in [-0.3, -0.25) is 0 Å². The molecule has 1 unspecified atom stereocenters. The zero-order valence-corrected chi connectivity index (χ0v) is 12.0. The number of hydrogen-bond acceptors (Lipinski definition) is 2. The van der Waals surface area contributed by atoms with Crippen LogP contribution in [-0.4, -0.2) is 0 Å². The summed E-state index contributed by atoms with van der Waals surface area (Å²) in [4.78, 5) is 1.17. The summed E-state index contributed by atoms with van der Waals surface area (Å²) >= 11 is 5.15. The van der Waals surface area contributed by atoms with E-state index in [-0.39, 0.29) is 11.9 Å². The van der Waals surface area contributed by atoms with Crippen molar-refractivity contribution in [1.82, 2.24) is 0 Å². The van der Waals surface area contributed by atoms with Crippen LogP contribution >= 0.6 is 27.3 Å². The summed E-state index contributed by atoms with van der Waals surface area (Å²) < 4.78 is 14.7. The molecule has 1 nitrogen and oxygen atoms in total. The fourth-order valence-corrected chi connectivity index (χ4v) is 3.39. The van der Waals surface area contributed by atoms with Crippen molar-refractivity contribution in [2.45, 2.75) is 19.9 Å². The van der Waals surface area contributed by atoms with Gasteiger partial charge in [-0.25, -0.2) is 4.39 Å². The van der Waals surface area contributed by atoms with E-state index in [4.69, 9.17) is 0 Å². The molecule has 0 saturated heterocycles. The van der Waals surface area contributed by atoms with Gasteiger partial charge >= 0.3 is 0 Å². The molecule has 0 amide bonds. The first-order valence-corrected chi connectivity index (χ1v) is 7.01. The predicted molar refractivity (Wildman–Crippen MR) is 75.2 cm³/mol. The predicted octanol–water partition coefficient (Wildman–Crippen LogP) is 5.13. The Morgan fingerprint density at radius 2 is 2.12 bits per heavy atom. The first kappa shape index (κ1) is 12.6. The van der Waals surface area contributed by atoms with Crippen molar-refractivity contribution in [1.29, 1.82) is 0 Å². The van der Waals surface area contributed by atoms with Gasteiger partial charge in [0.1, 0.15) is 5.82 Å². The van der Waals surface area contributed by atoms with Crippen LogP contribution in [-0.2, 0) is 0 Å². The van der Waals surface area contributed by atoms with Crippen LogP contribution in [0.1, 0.15) is 23.4 Å². The third kappa shape index (κ3) is 2.87. The summed E-state index contributed by atoms with van der Waals surface area (Å²) in [6, 6.07) is 7.18. The van der Waals surface area contributed by atoms with Crippen molar-refractivity contribution >= 4 is 33.0 Å². The van der Waals surface area contributed by atoms with Gasteiger partial charge in [-0.05, 0) is 58.9 Å². The van der Waals surface area contributed by atoms with Gasteiger partial charge in [-0.15, -0.1) is 11.3 Å². The zero-order valence-electron chi connectivity index (χ0n) is 9.63. The van der Waals surface area contributed by atoms with E-state index in [1.54, 1.807) is 17.4 Å². The number of thiophene rings is 1. The molecule has 2 rings (SSSR count). The Bertz CT molecular complexity index is 524. The highest BCUT2D eigenvalue weighted by Crippen LogP contribution is 2.31. The van der Waals surface area contributed by atoms with Crippen molar-refractivity contribution in [3.63, 3.8) is 0 Å². The van der Waals surface area contributed by atoms with Gasteiger partial charge in [0.15, 0.2) is 0 Å². The van der Waals surface area contributed by atoms with Crippen LogP contribution in [0.3, 0.4) is 0 Å². The number of hydrogen-bond donors (Lipinski definition) is 1. The molecule has 0 bridgehead atoms. The van der Waals surface area contributed by atoms with E-state index in [0.717, 1.165) is 10.0 Å². The number of halogens is 2. The summed E-state index contributed by atoms with van der Waals surface area (Å²) in [7, 11) is 0. The lowest BCUT2D eigenvalue weighted by atomic mass is 10.2. The van der Waals surface area contributed by atoms with Crippen LogP contribution < -0.4 is 5.32 Å². The molecule has 0 fully saturated rings. The smallest absolute Gasteiger partial charge is 0.146 e. The van der Waals surface area contributed by atoms with Crippen molar-refractivity contribution in [3.05, 3.63) is 50.4 Å². The third-order valence-corrected chi connectivity index (χ3v) is 4.59. The summed E-state index contributed by atoms with van der Waals surface area (Å²) in [6.07, 6.45) is 0. The van der Waals surface area contributed by atoms with E-state index in [9.17, 15) is 4.39 Å². The first-order chi connectivity index (χ1) is 8.08. The van der Waals surface area contributed by atoms with Crippen LogP contribution in [0, 0.1) is 12.7 Å². The largest absolute Gasteiger partial charge is 0.375 e. The Kier molecular flexibility index (Phi) is 3.84. The summed E-state index contributed by atoms with van der Waals surface area (Å²) in [5.41, 5.74) is 1.60. The van der Waals surface area contributed by atoms with E-state index in [2.05, 4.69) is 21.2 Å². The lowest BCUT2D eigenvalue weighted by molar-refractivity contribution is 0.627. The third-order valence-electron chi connectivity index (χ3n) is 2.53. The Morgan fingerprint density at radius 3 is 2.76 bits per heavy atom. The Balaban J connectivity index is 2.21. The maximum Gasteiger partial charge on any atom is 0.146 e. The molecule has 1 heterocycles. The number of anilines is 1. The van der Waals surface area contributed by atoms with Crippen molar-refractivity contribution in [2.75, 3.05) is 5.32 Å². The van der Waals surface area contributed by atoms with E-state index in [1.807, 2.05) is 31.4 Å². The van der Waals surface area contributed by atoms with Gasteiger partial charge in [0.25, 0.3) is 0 Å². The molecule has 90 valence electrons. The van der Waals surface area contributed by atoms with Crippen molar-refractivity contribution < 1.29 is 4.39 Å². The average molecular weight is 314 g/mol. The first-order valence-electron chi connectivity index (χ1n) is 5.33. The van der Waals surface area contributed by atoms with Crippen LogP contribution in [0.15, 0.2) is 34.1 Å². The van der Waals surface area contributed by atoms with Gasteiger partial charge in [-0.1, -0.05) is 6.07 Å². The van der Waals surface area contributed by atoms with Crippen LogP contribution in [0.4, 0.5) is 10.1 Å². The number of benzene rings is 1. The number of aryl methyl sites for hydroxylation is 1. The molecule has 1 aromatic heterocycles. The summed E-state index contributed by atoms with van der Waals surface area (Å²) in [6.45, 7) is 3.98. The second kappa shape index (κ2) is 5.19. The van der Waals surface area contributed by atoms with E-state index in [0.29, 0.717) is 5.69 Å². The van der Waals surface area contributed by atoms with Crippen molar-refractivity contribution in [2.24, 2.45) is 0 Å². The van der Waals surface area contributed by atoms with Crippen molar-refractivity contribution in [3.8, 4) is 0 Å². The molecule has 1 N–H and O–H groups in total. The topological polar surface area (TPSA) is 12.0 Å². The quantitative estimate of drug-likeness (QED) is 0.828. The molecular formula is C13H13BrFNS. The highest BCUT2D eigenvalue weighted by atomic mass is 79.9. The van der Waals surface area contributed by atoms with Crippen LogP contribution in [0.5, 0.6) is 0 Å². The van der Waals surface area contributed by atoms with Crippen LogP contribution in [0.25, 0.3) is 0 Å². The molecule has 0 aliphatic carbocycles. The molecule has 0 spiro atoms. The molecule has 0 aliphatic heterocycles. The van der Waals surface area contributed by atoms with Gasteiger partial charge in [0.05, 0.1) is 11.7 Å². The van der Waals surface area contributed by atoms with Gasteiger partial charge < -0.3 is 5.32 Å². The van der Waals surface area contributed by atoms with Gasteiger partial charge in [0, 0.05) is 9.35 Å². The van der Waals surface area contributed by atoms with Gasteiger partial charge in [-0.2, -0.15) is 0 Å². The monoisotopic (exact) mass is 313 g/mol. The van der Waals surface area contributed by atoms with E-state index >= 15 is 0 Å². The lowest BCUT2D eigenvalue weighted by Crippen LogP contribution is -2.07. The second-order valence-electron chi connectivity index (χ2n) is 3.98. The molecular weight excluding hydrogens is 301 g/mol. The maximum absolute atomic E-state index is 13.6. The second-order valence-corrected chi connectivity index (χ2v) is 5.78. The molecule has 2 aromatic rings. The Hall–Kier alpha value is -0.870. The number of rotatable bonds is 3. The minimum atomic E-state index is -0.213. The van der Waals surface area contributed by atoms with Crippen LogP contribution in [0.2, 0.25) is 0 Å². The normalized spacial score (nSPS) is 12.5. The Morgan fingerprint density at radius 1 is 1.35 bits per heavy atom. The summed E-state index contributed by atoms with van der Waals surface area (Å²) in [5.74, 6) is -0.213. The molecule has 4 heteroatoms. The molecule has 0 aliphatic rings. The van der Waals surface area contributed by atoms with E-state index in [1.165, 1.54) is 10.9 Å². The maximum atomic E-state index is 13.6. The van der Waals surface area contributed by atoms with E-state index < -0.39 is 0 Å². The lowest BCUT2D eigenvalue weighted by Gasteiger charge is -2.15. The fraction of sp³-hybridized carbons (Fsp3) is 0.231. The highest BCUT2D eigenvalue weighted by molar-refractivity contribution is 9.10. The molecule has 0 radical (unpaired) electrons.